The van der Waals surface area contributed by atoms with Gasteiger partial charge in [0.1, 0.15) is 5.75 Å². The fraction of sp³-hybridized carbons (Fsp3) is 0.294. The second-order valence-corrected chi connectivity index (χ2v) is 5.26. The molecule has 0 aliphatic heterocycles. The van der Waals surface area contributed by atoms with Gasteiger partial charge in [0.15, 0.2) is 6.61 Å². The normalized spacial score (nSPS) is 10.5. The number of pyridine rings is 1. The molecule has 0 fully saturated rings. The van der Waals surface area contributed by atoms with Crippen LogP contribution in [0.1, 0.15) is 30.9 Å². The third-order valence-electron chi connectivity index (χ3n) is 3.18. The molecule has 0 aliphatic carbocycles. The molecule has 0 unspecified atom stereocenters. The lowest BCUT2D eigenvalue weighted by Crippen LogP contribution is -2.20. The highest BCUT2D eigenvalue weighted by Gasteiger charge is 2.08. The molecule has 2 aromatic rings. The molecule has 21 heavy (non-hydrogen) atoms. The van der Waals surface area contributed by atoms with Crippen LogP contribution in [0.25, 0.3) is 0 Å². The molecule has 0 radical (unpaired) electrons. The van der Waals surface area contributed by atoms with Crippen molar-refractivity contribution in [1.29, 1.82) is 0 Å². The van der Waals surface area contributed by atoms with Gasteiger partial charge in [-0.25, -0.2) is 0 Å². The Balaban J connectivity index is 1.96. The number of carbonyl (C=O) groups excluding carboxylic acids is 1. The van der Waals surface area contributed by atoms with Crippen molar-refractivity contribution < 1.29 is 9.53 Å². The molecule has 1 heterocycles. The van der Waals surface area contributed by atoms with Crippen molar-refractivity contribution in [3.63, 3.8) is 0 Å². The number of ether oxygens (including phenoxy) is 1. The van der Waals surface area contributed by atoms with Crippen molar-refractivity contribution in [3.8, 4) is 5.75 Å². The van der Waals surface area contributed by atoms with Crippen LogP contribution in [0.2, 0.25) is 0 Å². The molecule has 0 saturated carbocycles. The van der Waals surface area contributed by atoms with E-state index in [1.165, 1.54) is 5.56 Å². The highest BCUT2D eigenvalue weighted by Crippen LogP contribution is 2.24. The Bertz CT molecular complexity index is 609. The molecule has 0 spiro atoms. The third kappa shape index (κ3) is 4.31. The SMILES string of the molecule is Cc1ccc(C(C)C)cc1OCC(=O)Nc1cccnc1. The Morgan fingerprint density at radius 1 is 1.33 bits per heavy atom. The maximum Gasteiger partial charge on any atom is 0.262 e. The number of hydrogen-bond donors (Lipinski definition) is 1. The first kappa shape index (κ1) is 15.0. The summed E-state index contributed by atoms with van der Waals surface area (Å²) in [6, 6.07) is 9.66. The summed E-state index contributed by atoms with van der Waals surface area (Å²) in [4.78, 5) is 15.8. The van der Waals surface area contributed by atoms with Crippen LogP contribution in [-0.4, -0.2) is 17.5 Å². The lowest BCUT2D eigenvalue weighted by Gasteiger charge is -2.12. The lowest BCUT2D eigenvalue weighted by atomic mass is 10.0. The number of rotatable bonds is 5. The smallest absolute Gasteiger partial charge is 0.262 e. The zero-order valence-corrected chi connectivity index (χ0v) is 12.6. The van der Waals surface area contributed by atoms with Gasteiger partial charge < -0.3 is 10.1 Å². The first-order chi connectivity index (χ1) is 10.1. The van der Waals surface area contributed by atoms with Crippen LogP contribution in [0, 0.1) is 6.92 Å². The summed E-state index contributed by atoms with van der Waals surface area (Å²) < 4.78 is 5.63. The zero-order chi connectivity index (χ0) is 15.2. The van der Waals surface area contributed by atoms with Gasteiger partial charge in [-0.1, -0.05) is 26.0 Å². The fourth-order valence-electron chi connectivity index (χ4n) is 1.91. The number of nitrogens with one attached hydrogen (secondary N) is 1. The van der Waals surface area contributed by atoms with Crippen LogP contribution in [0.5, 0.6) is 5.75 Å². The van der Waals surface area contributed by atoms with E-state index in [9.17, 15) is 4.79 Å². The van der Waals surface area contributed by atoms with Gasteiger partial charge >= 0.3 is 0 Å². The van der Waals surface area contributed by atoms with Crippen molar-refractivity contribution in [1.82, 2.24) is 4.98 Å². The average Bonchev–Trinajstić information content (AvgIpc) is 2.47. The van der Waals surface area contributed by atoms with E-state index in [2.05, 4.69) is 30.2 Å². The molecular weight excluding hydrogens is 264 g/mol. The molecule has 1 N–H and O–H groups in total. The maximum absolute atomic E-state index is 11.9. The number of benzene rings is 1. The van der Waals surface area contributed by atoms with Crippen LogP contribution < -0.4 is 10.1 Å². The quantitative estimate of drug-likeness (QED) is 0.913. The highest BCUT2D eigenvalue weighted by atomic mass is 16.5. The van der Waals surface area contributed by atoms with Gasteiger partial charge in [-0.3, -0.25) is 9.78 Å². The van der Waals surface area contributed by atoms with Crippen molar-refractivity contribution >= 4 is 11.6 Å². The number of anilines is 1. The van der Waals surface area contributed by atoms with E-state index in [-0.39, 0.29) is 12.5 Å². The molecular formula is C17H20N2O2. The molecule has 110 valence electrons. The summed E-state index contributed by atoms with van der Waals surface area (Å²) in [5, 5.41) is 2.74. The zero-order valence-electron chi connectivity index (χ0n) is 12.6. The number of amides is 1. The minimum atomic E-state index is -0.197. The number of nitrogens with zero attached hydrogens (tertiary/aromatic N) is 1. The van der Waals surface area contributed by atoms with Gasteiger partial charge in [-0.15, -0.1) is 0 Å². The standard InChI is InChI=1S/C17H20N2O2/c1-12(2)14-7-6-13(3)16(9-14)21-11-17(20)19-15-5-4-8-18-10-15/h4-10,12H,11H2,1-3H3,(H,19,20). The minimum Gasteiger partial charge on any atom is -0.483 e. The van der Waals surface area contributed by atoms with Crippen molar-refractivity contribution in [2.24, 2.45) is 0 Å². The predicted octanol–water partition coefficient (Wildman–Crippen LogP) is 3.53. The van der Waals surface area contributed by atoms with Crippen molar-refractivity contribution in [3.05, 3.63) is 53.9 Å². The second-order valence-electron chi connectivity index (χ2n) is 5.26. The van der Waals surface area contributed by atoms with Crippen LogP contribution in [-0.2, 0) is 4.79 Å². The molecule has 0 aliphatic rings. The van der Waals surface area contributed by atoms with E-state index in [4.69, 9.17) is 4.74 Å². The Morgan fingerprint density at radius 2 is 2.14 bits per heavy atom. The second kappa shape index (κ2) is 6.88. The Hall–Kier alpha value is -2.36. The van der Waals surface area contributed by atoms with E-state index >= 15 is 0 Å². The summed E-state index contributed by atoms with van der Waals surface area (Å²) in [6.07, 6.45) is 3.26. The molecule has 0 saturated heterocycles. The van der Waals surface area contributed by atoms with Crippen LogP contribution in [0.3, 0.4) is 0 Å². The number of hydrogen-bond acceptors (Lipinski definition) is 3. The first-order valence-corrected chi connectivity index (χ1v) is 6.99. The van der Waals surface area contributed by atoms with Crippen molar-refractivity contribution in [2.75, 3.05) is 11.9 Å². The molecule has 1 amide bonds. The Morgan fingerprint density at radius 3 is 2.81 bits per heavy atom. The van der Waals surface area contributed by atoms with Gasteiger partial charge in [0.05, 0.1) is 11.9 Å². The average molecular weight is 284 g/mol. The third-order valence-corrected chi connectivity index (χ3v) is 3.18. The molecule has 0 bridgehead atoms. The van der Waals surface area contributed by atoms with E-state index in [0.717, 1.165) is 11.3 Å². The van der Waals surface area contributed by atoms with Crippen molar-refractivity contribution in [2.45, 2.75) is 26.7 Å². The van der Waals surface area contributed by atoms with Gasteiger partial charge in [0, 0.05) is 6.20 Å². The summed E-state index contributed by atoms with van der Waals surface area (Å²) in [7, 11) is 0. The minimum absolute atomic E-state index is 0.0166. The summed E-state index contributed by atoms with van der Waals surface area (Å²) in [5.74, 6) is 0.983. The number of aromatic nitrogens is 1. The predicted molar refractivity (Wildman–Crippen MR) is 83.6 cm³/mol. The summed E-state index contributed by atoms with van der Waals surface area (Å²) in [6.45, 7) is 6.21. The molecule has 1 aromatic carbocycles. The highest BCUT2D eigenvalue weighted by molar-refractivity contribution is 5.91. The maximum atomic E-state index is 11.9. The number of carbonyl (C=O) groups is 1. The summed E-state index contributed by atoms with van der Waals surface area (Å²) in [5.41, 5.74) is 2.88. The lowest BCUT2D eigenvalue weighted by molar-refractivity contribution is -0.118. The first-order valence-electron chi connectivity index (χ1n) is 6.99. The summed E-state index contributed by atoms with van der Waals surface area (Å²) >= 11 is 0. The molecule has 0 atom stereocenters. The van der Waals surface area contributed by atoms with E-state index < -0.39 is 0 Å². The number of aryl methyl sites for hydroxylation is 1. The molecule has 2 rings (SSSR count). The van der Waals surface area contributed by atoms with Gasteiger partial charge in [0.2, 0.25) is 0 Å². The van der Waals surface area contributed by atoms with E-state index in [0.29, 0.717) is 11.6 Å². The van der Waals surface area contributed by atoms with Crippen LogP contribution >= 0.6 is 0 Å². The van der Waals surface area contributed by atoms with Gasteiger partial charge in [-0.05, 0) is 42.2 Å². The molecule has 4 nitrogen and oxygen atoms in total. The monoisotopic (exact) mass is 284 g/mol. The largest absolute Gasteiger partial charge is 0.483 e. The fourth-order valence-corrected chi connectivity index (χ4v) is 1.91. The topological polar surface area (TPSA) is 51.2 Å². The van der Waals surface area contributed by atoms with E-state index in [1.807, 2.05) is 19.1 Å². The van der Waals surface area contributed by atoms with Crippen LogP contribution in [0.4, 0.5) is 5.69 Å². The molecule has 1 aromatic heterocycles. The van der Waals surface area contributed by atoms with E-state index in [1.54, 1.807) is 24.5 Å². The Labute approximate surface area is 125 Å². The Kier molecular flexibility index (Phi) is 4.93. The van der Waals surface area contributed by atoms with Gasteiger partial charge in [-0.2, -0.15) is 0 Å². The van der Waals surface area contributed by atoms with Gasteiger partial charge in [0.25, 0.3) is 5.91 Å². The molecule has 4 heteroatoms. The van der Waals surface area contributed by atoms with Crippen LogP contribution in [0.15, 0.2) is 42.7 Å².